The summed E-state index contributed by atoms with van der Waals surface area (Å²) in [6.45, 7) is 2.53. The normalized spacial score (nSPS) is 10.4. The van der Waals surface area contributed by atoms with Crippen LogP contribution in [-0.4, -0.2) is 9.97 Å². The molecule has 0 unspecified atom stereocenters. The molecule has 0 bridgehead atoms. The zero-order chi connectivity index (χ0) is 13.7. The summed E-state index contributed by atoms with van der Waals surface area (Å²) in [6.07, 6.45) is 0.892. The van der Waals surface area contributed by atoms with Crippen LogP contribution < -0.4 is 16.0 Å². The lowest BCUT2D eigenvalue weighted by atomic mass is 10.1. The van der Waals surface area contributed by atoms with Gasteiger partial charge in [0, 0.05) is 12.6 Å². The second-order valence-electron chi connectivity index (χ2n) is 4.14. The highest BCUT2D eigenvalue weighted by molar-refractivity contribution is 5.33. The summed E-state index contributed by atoms with van der Waals surface area (Å²) in [5, 5.41) is 0. The topological polar surface area (TPSA) is 81.0 Å². The number of hydrogen-bond acceptors (Lipinski definition) is 4. The third kappa shape index (κ3) is 3.42. The number of rotatable bonds is 5. The minimum atomic E-state index is -0.210. The number of aromatic amines is 1. The Morgan fingerprint density at radius 1 is 1.37 bits per heavy atom. The van der Waals surface area contributed by atoms with Gasteiger partial charge in [0.15, 0.2) is 0 Å². The van der Waals surface area contributed by atoms with Crippen LogP contribution in [0.25, 0.3) is 0 Å². The zero-order valence-corrected chi connectivity index (χ0v) is 10.8. The number of ether oxygens (including phenoxy) is 1. The largest absolute Gasteiger partial charge is 0.485 e. The molecule has 0 aliphatic rings. The van der Waals surface area contributed by atoms with Crippen molar-refractivity contribution in [1.29, 1.82) is 0 Å². The van der Waals surface area contributed by atoms with E-state index in [0.29, 0.717) is 11.5 Å². The van der Waals surface area contributed by atoms with Crippen molar-refractivity contribution in [3.63, 3.8) is 0 Å². The van der Waals surface area contributed by atoms with E-state index in [1.54, 1.807) is 0 Å². The number of H-pyrrole nitrogens is 1. The van der Waals surface area contributed by atoms with Crippen LogP contribution in [0.4, 0.5) is 0 Å². The number of aromatic nitrogens is 2. The molecule has 2 aromatic rings. The first-order valence-electron chi connectivity index (χ1n) is 6.22. The Labute approximate surface area is 111 Å². The predicted molar refractivity (Wildman–Crippen MR) is 72.9 cm³/mol. The SMILES string of the molecule is CCc1ccccc1OCc1nc(CN)cc(=O)[nH]1. The monoisotopic (exact) mass is 259 g/mol. The van der Waals surface area contributed by atoms with Gasteiger partial charge in [0.2, 0.25) is 0 Å². The van der Waals surface area contributed by atoms with Crippen LogP contribution in [-0.2, 0) is 19.6 Å². The number of hydrogen-bond donors (Lipinski definition) is 2. The van der Waals surface area contributed by atoms with Crippen LogP contribution in [0.2, 0.25) is 0 Å². The molecule has 5 nitrogen and oxygen atoms in total. The van der Waals surface area contributed by atoms with Crippen molar-refractivity contribution in [2.45, 2.75) is 26.5 Å². The number of benzene rings is 1. The first kappa shape index (κ1) is 13.3. The molecule has 1 heterocycles. The number of nitrogens with two attached hydrogens (primary N) is 1. The smallest absolute Gasteiger partial charge is 0.251 e. The van der Waals surface area contributed by atoms with Crippen LogP contribution in [0.5, 0.6) is 5.75 Å². The molecule has 2 rings (SSSR count). The molecule has 100 valence electrons. The summed E-state index contributed by atoms with van der Waals surface area (Å²) in [5.41, 5.74) is 6.96. The van der Waals surface area contributed by atoms with Gasteiger partial charge >= 0.3 is 0 Å². The van der Waals surface area contributed by atoms with Crippen LogP contribution in [0.1, 0.15) is 24.0 Å². The summed E-state index contributed by atoms with van der Waals surface area (Å²) < 4.78 is 5.70. The second-order valence-corrected chi connectivity index (χ2v) is 4.14. The molecule has 1 aromatic heterocycles. The molecule has 0 fully saturated rings. The van der Waals surface area contributed by atoms with E-state index in [9.17, 15) is 4.79 Å². The molecule has 0 saturated heterocycles. The zero-order valence-electron chi connectivity index (χ0n) is 10.8. The third-order valence-electron chi connectivity index (χ3n) is 2.77. The van der Waals surface area contributed by atoms with Crippen molar-refractivity contribution < 1.29 is 4.74 Å². The molecule has 19 heavy (non-hydrogen) atoms. The lowest BCUT2D eigenvalue weighted by molar-refractivity contribution is 0.292. The van der Waals surface area contributed by atoms with Crippen LogP contribution in [0, 0.1) is 0 Å². The van der Waals surface area contributed by atoms with Gasteiger partial charge in [0.25, 0.3) is 5.56 Å². The second kappa shape index (κ2) is 6.15. The molecule has 0 atom stereocenters. The average molecular weight is 259 g/mol. The van der Waals surface area contributed by atoms with Gasteiger partial charge in [-0.25, -0.2) is 4.98 Å². The highest BCUT2D eigenvalue weighted by Gasteiger charge is 2.04. The van der Waals surface area contributed by atoms with Crippen molar-refractivity contribution in [3.05, 3.63) is 57.8 Å². The molecule has 5 heteroatoms. The summed E-state index contributed by atoms with van der Waals surface area (Å²) >= 11 is 0. The molecule has 1 aromatic carbocycles. The summed E-state index contributed by atoms with van der Waals surface area (Å²) in [6, 6.07) is 9.21. The number of aryl methyl sites for hydroxylation is 1. The van der Waals surface area contributed by atoms with E-state index < -0.39 is 0 Å². The Bertz CT molecular complexity index is 608. The van der Waals surface area contributed by atoms with Crippen LogP contribution in [0.3, 0.4) is 0 Å². The first-order valence-corrected chi connectivity index (χ1v) is 6.22. The van der Waals surface area contributed by atoms with Crippen LogP contribution >= 0.6 is 0 Å². The molecule has 0 radical (unpaired) electrons. The fourth-order valence-corrected chi connectivity index (χ4v) is 1.82. The van der Waals surface area contributed by atoms with E-state index in [1.165, 1.54) is 6.07 Å². The lowest BCUT2D eigenvalue weighted by Gasteiger charge is -2.10. The minimum absolute atomic E-state index is 0.210. The van der Waals surface area contributed by atoms with E-state index in [0.717, 1.165) is 17.7 Å². The fourth-order valence-electron chi connectivity index (χ4n) is 1.82. The van der Waals surface area contributed by atoms with Crippen molar-refractivity contribution in [1.82, 2.24) is 9.97 Å². The van der Waals surface area contributed by atoms with E-state index in [1.807, 2.05) is 24.3 Å². The van der Waals surface area contributed by atoms with Crippen LogP contribution in [0.15, 0.2) is 35.1 Å². The van der Waals surface area contributed by atoms with Gasteiger partial charge in [-0.3, -0.25) is 4.79 Å². The lowest BCUT2D eigenvalue weighted by Crippen LogP contribution is -2.16. The standard InChI is InChI=1S/C14H17N3O2/c1-2-10-5-3-4-6-12(10)19-9-13-16-11(8-15)7-14(18)17-13/h3-7H,2,8-9,15H2,1H3,(H,16,17,18). The van der Waals surface area contributed by atoms with Gasteiger partial charge in [-0.05, 0) is 18.1 Å². The highest BCUT2D eigenvalue weighted by atomic mass is 16.5. The average Bonchev–Trinajstić information content (AvgIpc) is 2.44. The van der Waals surface area contributed by atoms with Crippen molar-refractivity contribution in [3.8, 4) is 5.75 Å². The molecule has 0 saturated carbocycles. The van der Waals surface area contributed by atoms with E-state index in [-0.39, 0.29) is 18.7 Å². The van der Waals surface area contributed by atoms with Gasteiger partial charge < -0.3 is 15.5 Å². The molecular weight excluding hydrogens is 242 g/mol. The van der Waals surface area contributed by atoms with Crippen molar-refractivity contribution >= 4 is 0 Å². The molecular formula is C14H17N3O2. The third-order valence-corrected chi connectivity index (χ3v) is 2.77. The number of para-hydroxylation sites is 1. The Balaban J connectivity index is 2.14. The van der Waals surface area contributed by atoms with Gasteiger partial charge in [-0.2, -0.15) is 0 Å². The van der Waals surface area contributed by atoms with Crippen molar-refractivity contribution in [2.24, 2.45) is 5.73 Å². The van der Waals surface area contributed by atoms with Gasteiger partial charge in [-0.1, -0.05) is 25.1 Å². The van der Waals surface area contributed by atoms with E-state index in [4.69, 9.17) is 10.5 Å². The number of nitrogens with one attached hydrogen (secondary N) is 1. The fraction of sp³-hybridized carbons (Fsp3) is 0.286. The Hall–Kier alpha value is -2.14. The van der Waals surface area contributed by atoms with Gasteiger partial charge in [-0.15, -0.1) is 0 Å². The van der Waals surface area contributed by atoms with Gasteiger partial charge in [0.1, 0.15) is 18.2 Å². The maximum Gasteiger partial charge on any atom is 0.251 e. The maximum absolute atomic E-state index is 11.4. The summed E-state index contributed by atoms with van der Waals surface area (Å²) in [5.74, 6) is 1.30. The summed E-state index contributed by atoms with van der Waals surface area (Å²) in [7, 11) is 0. The maximum atomic E-state index is 11.4. The van der Waals surface area contributed by atoms with E-state index in [2.05, 4.69) is 16.9 Å². The Morgan fingerprint density at radius 2 is 2.16 bits per heavy atom. The summed E-state index contributed by atoms with van der Waals surface area (Å²) in [4.78, 5) is 18.3. The molecule has 0 aliphatic carbocycles. The van der Waals surface area contributed by atoms with Crippen molar-refractivity contribution in [2.75, 3.05) is 0 Å². The van der Waals surface area contributed by atoms with Gasteiger partial charge in [0.05, 0.1) is 5.69 Å². The molecule has 3 N–H and O–H groups in total. The predicted octanol–water partition coefficient (Wildman–Crippen LogP) is 1.37. The molecule has 0 aliphatic heterocycles. The minimum Gasteiger partial charge on any atom is -0.485 e. The number of nitrogens with zero attached hydrogens (tertiary/aromatic N) is 1. The highest BCUT2D eigenvalue weighted by Crippen LogP contribution is 2.18. The Kier molecular flexibility index (Phi) is 4.30. The van der Waals surface area contributed by atoms with E-state index >= 15 is 0 Å². The quantitative estimate of drug-likeness (QED) is 0.849. The molecule has 0 amide bonds. The molecule has 0 spiro atoms. The first-order chi connectivity index (χ1) is 9.22. The Morgan fingerprint density at radius 3 is 2.89 bits per heavy atom.